The number of phenolic OH excluding ortho intramolecular Hbond substituents is 2. The van der Waals surface area contributed by atoms with Gasteiger partial charge in [-0.3, -0.25) is 0 Å². The second-order valence-corrected chi connectivity index (χ2v) is 3.46. The highest BCUT2D eigenvalue weighted by molar-refractivity contribution is 5.64. The van der Waals surface area contributed by atoms with Gasteiger partial charge in [0.05, 0.1) is 0 Å². The Hall–Kier alpha value is -1.38. The number of benzene rings is 1. The first-order valence-corrected chi connectivity index (χ1v) is 4.45. The largest absolute Gasteiger partial charge is 0.504 e. The van der Waals surface area contributed by atoms with Gasteiger partial charge in [0.2, 0.25) is 0 Å². The zero-order valence-electron chi connectivity index (χ0n) is 7.62. The molecule has 1 heterocycles. The van der Waals surface area contributed by atoms with E-state index in [0.717, 1.165) is 30.6 Å². The van der Waals surface area contributed by atoms with E-state index in [-0.39, 0.29) is 11.5 Å². The normalized spacial score (nSPS) is 15.6. The molecule has 3 heteroatoms. The average molecular weight is 179 g/mol. The van der Waals surface area contributed by atoms with E-state index in [0.29, 0.717) is 0 Å². The summed E-state index contributed by atoms with van der Waals surface area (Å²) in [6.45, 7) is 1.01. The lowest BCUT2D eigenvalue weighted by molar-refractivity contribution is 0.398. The van der Waals surface area contributed by atoms with Gasteiger partial charge in [0.15, 0.2) is 11.5 Å². The molecule has 0 spiro atoms. The highest BCUT2D eigenvalue weighted by Crippen LogP contribution is 2.38. The number of rotatable bonds is 0. The number of aromatic hydroxyl groups is 2. The first-order chi connectivity index (χ1) is 6.20. The van der Waals surface area contributed by atoms with Crippen molar-refractivity contribution < 1.29 is 10.2 Å². The molecule has 2 N–H and O–H groups in total. The lowest BCUT2D eigenvalue weighted by Crippen LogP contribution is -2.24. The van der Waals surface area contributed by atoms with E-state index in [9.17, 15) is 10.2 Å². The Bertz CT molecular complexity index is 336. The monoisotopic (exact) mass is 179 g/mol. The zero-order chi connectivity index (χ0) is 9.42. The standard InChI is InChI=1S/C10H13NO2/c1-11-6-2-3-7-8(11)4-5-9(12)10(7)13/h4-5,12-13H,2-3,6H2,1H3. The van der Waals surface area contributed by atoms with E-state index in [2.05, 4.69) is 4.90 Å². The summed E-state index contributed by atoms with van der Waals surface area (Å²) in [4.78, 5) is 2.10. The average Bonchev–Trinajstić information content (AvgIpc) is 2.12. The van der Waals surface area contributed by atoms with Crippen LogP contribution in [0.2, 0.25) is 0 Å². The van der Waals surface area contributed by atoms with Crippen molar-refractivity contribution in [3.05, 3.63) is 17.7 Å². The van der Waals surface area contributed by atoms with E-state index in [1.54, 1.807) is 0 Å². The van der Waals surface area contributed by atoms with Gasteiger partial charge in [-0.2, -0.15) is 0 Å². The van der Waals surface area contributed by atoms with Crippen LogP contribution in [0.1, 0.15) is 12.0 Å². The van der Waals surface area contributed by atoms with E-state index in [4.69, 9.17) is 0 Å². The quantitative estimate of drug-likeness (QED) is 0.593. The molecule has 0 aliphatic carbocycles. The third-order valence-electron chi connectivity index (χ3n) is 2.57. The Morgan fingerprint density at radius 3 is 2.85 bits per heavy atom. The Morgan fingerprint density at radius 2 is 2.08 bits per heavy atom. The lowest BCUT2D eigenvalue weighted by atomic mass is 10.0. The minimum Gasteiger partial charge on any atom is -0.504 e. The van der Waals surface area contributed by atoms with Gasteiger partial charge in [0, 0.05) is 24.8 Å². The molecule has 1 aromatic carbocycles. The number of anilines is 1. The molecular formula is C10H13NO2. The van der Waals surface area contributed by atoms with Crippen LogP contribution < -0.4 is 4.90 Å². The summed E-state index contributed by atoms with van der Waals surface area (Å²) in [5.41, 5.74) is 1.90. The van der Waals surface area contributed by atoms with Gasteiger partial charge in [-0.1, -0.05) is 0 Å². The van der Waals surface area contributed by atoms with E-state index < -0.39 is 0 Å². The molecule has 2 rings (SSSR count). The van der Waals surface area contributed by atoms with Crippen molar-refractivity contribution in [2.45, 2.75) is 12.8 Å². The molecule has 0 saturated heterocycles. The predicted octanol–water partition coefficient (Wildman–Crippen LogP) is 1.48. The van der Waals surface area contributed by atoms with Crippen molar-refractivity contribution in [1.82, 2.24) is 0 Å². The first-order valence-electron chi connectivity index (χ1n) is 4.45. The fourth-order valence-electron chi connectivity index (χ4n) is 1.83. The minimum absolute atomic E-state index is 0.0194. The smallest absolute Gasteiger partial charge is 0.162 e. The van der Waals surface area contributed by atoms with Gasteiger partial charge in [0.1, 0.15) is 0 Å². The minimum atomic E-state index is -0.0194. The predicted molar refractivity (Wildman–Crippen MR) is 51.4 cm³/mol. The van der Waals surface area contributed by atoms with Gasteiger partial charge < -0.3 is 15.1 Å². The summed E-state index contributed by atoms with van der Waals surface area (Å²) < 4.78 is 0. The second kappa shape index (κ2) is 2.83. The molecule has 13 heavy (non-hydrogen) atoms. The molecule has 1 aliphatic heterocycles. The SMILES string of the molecule is CN1CCCc2c1ccc(O)c2O. The van der Waals surface area contributed by atoms with Crippen LogP contribution in [0.15, 0.2) is 12.1 Å². The zero-order valence-corrected chi connectivity index (χ0v) is 7.62. The first kappa shape index (κ1) is 8.23. The van der Waals surface area contributed by atoms with Crippen LogP contribution in [0.25, 0.3) is 0 Å². The fourth-order valence-corrected chi connectivity index (χ4v) is 1.83. The van der Waals surface area contributed by atoms with Crippen LogP contribution in [0.3, 0.4) is 0 Å². The number of hydrogen-bond donors (Lipinski definition) is 2. The maximum Gasteiger partial charge on any atom is 0.162 e. The number of hydrogen-bond acceptors (Lipinski definition) is 3. The Labute approximate surface area is 77.2 Å². The maximum atomic E-state index is 9.58. The summed E-state index contributed by atoms with van der Waals surface area (Å²) in [6.07, 6.45) is 1.88. The molecule has 1 aromatic rings. The lowest BCUT2D eigenvalue weighted by Gasteiger charge is -2.27. The van der Waals surface area contributed by atoms with Gasteiger partial charge in [0.25, 0.3) is 0 Å². The van der Waals surface area contributed by atoms with Crippen LogP contribution in [-0.2, 0) is 6.42 Å². The molecule has 0 radical (unpaired) electrons. The number of phenols is 2. The van der Waals surface area contributed by atoms with E-state index >= 15 is 0 Å². The van der Waals surface area contributed by atoms with Crippen molar-refractivity contribution in [3.63, 3.8) is 0 Å². The molecule has 0 aromatic heterocycles. The van der Waals surface area contributed by atoms with Gasteiger partial charge in [-0.15, -0.1) is 0 Å². The van der Waals surface area contributed by atoms with Crippen molar-refractivity contribution in [3.8, 4) is 11.5 Å². The molecule has 0 bridgehead atoms. The maximum absolute atomic E-state index is 9.58. The third-order valence-corrected chi connectivity index (χ3v) is 2.57. The van der Waals surface area contributed by atoms with Gasteiger partial charge >= 0.3 is 0 Å². The Morgan fingerprint density at radius 1 is 1.31 bits per heavy atom. The Balaban J connectivity index is 2.56. The molecule has 3 nitrogen and oxygen atoms in total. The summed E-state index contributed by atoms with van der Waals surface area (Å²) in [5, 5.41) is 18.9. The summed E-state index contributed by atoms with van der Waals surface area (Å²) >= 11 is 0. The van der Waals surface area contributed by atoms with Crippen LogP contribution in [0, 0.1) is 0 Å². The van der Waals surface area contributed by atoms with E-state index in [1.807, 2.05) is 13.1 Å². The number of nitrogens with zero attached hydrogens (tertiary/aromatic N) is 1. The molecule has 0 saturated carbocycles. The van der Waals surface area contributed by atoms with Gasteiger partial charge in [-0.05, 0) is 25.0 Å². The summed E-state index contributed by atoms with van der Waals surface area (Å²) in [5.74, 6) is 0.0260. The molecule has 1 aliphatic rings. The van der Waals surface area contributed by atoms with Crippen LogP contribution >= 0.6 is 0 Å². The third kappa shape index (κ3) is 1.20. The fraction of sp³-hybridized carbons (Fsp3) is 0.400. The molecule has 70 valence electrons. The Kier molecular flexibility index (Phi) is 1.79. The molecule has 0 amide bonds. The van der Waals surface area contributed by atoms with E-state index in [1.165, 1.54) is 6.07 Å². The van der Waals surface area contributed by atoms with Crippen molar-refractivity contribution >= 4 is 5.69 Å². The topological polar surface area (TPSA) is 43.7 Å². The molecule has 0 fully saturated rings. The highest BCUT2D eigenvalue weighted by Gasteiger charge is 2.18. The molecule has 0 unspecified atom stereocenters. The molecule has 0 atom stereocenters. The van der Waals surface area contributed by atoms with Gasteiger partial charge in [-0.25, -0.2) is 0 Å². The summed E-state index contributed by atoms with van der Waals surface area (Å²) in [6, 6.07) is 3.39. The van der Waals surface area contributed by atoms with Crippen LogP contribution in [-0.4, -0.2) is 23.8 Å². The van der Waals surface area contributed by atoms with Crippen molar-refractivity contribution in [2.75, 3.05) is 18.5 Å². The number of fused-ring (bicyclic) bond motifs is 1. The summed E-state index contributed by atoms with van der Waals surface area (Å²) in [7, 11) is 1.99. The van der Waals surface area contributed by atoms with Crippen molar-refractivity contribution in [2.24, 2.45) is 0 Å². The van der Waals surface area contributed by atoms with Crippen molar-refractivity contribution in [1.29, 1.82) is 0 Å². The van der Waals surface area contributed by atoms with Crippen LogP contribution in [0.5, 0.6) is 11.5 Å². The second-order valence-electron chi connectivity index (χ2n) is 3.46. The highest BCUT2D eigenvalue weighted by atomic mass is 16.3. The molecular weight excluding hydrogens is 166 g/mol. The van der Waals surface area contributed by atoms with Crippen LogP contribution in [0.4, 0.5) is 5.69 Å².